The van der Waals surface area contributed by atoms with E-state index in [4.69, 9.17) is 9.47 Å². The molecule has 7 unspecified atom stereocenters. The maximum Gasteiger partial charge on any atom is 0.220 e. The van der Waals surface area contributed by atoms with Crippen LogP contribution in [0, 0.1) is 0 Å². The van der Waals surface area contributed by atoms with Crippen molar-refractivity contribution in [3.8, 4) is 0 Å². The van der Waals surface area contributed by atoms with E-state index in [0.717, 1.165) is 38.5 Å². The lowest BCUT2D eigenvalue weighted by atomic mass is 9.99. The molecular weight excluding hydrogens is 863 g/mol. The van der Waals surface area contributed by atoms with Gasteiger partial charge in [0.1, 0.15) is 24.4 Å². The van der Waals surface area contributed by atoms with Crippen molar-refractivity contribution in [2.24, 2.45) is 0 Å². The highest BCUT2D eigenvalue weighted by Gasteiger charge is 2.44. The molecule has 0 aromatic heterocycles. The van der Waals surface area contributed by atoms with E-state index >= 15 is 0 Å². The number of amides is 1. The summed E-state index contributed by atoms with van der Waals surface area (Å²) in [6.45, 7) is 3.84. The van der Waals surface area contributed by atoms with Crippen molar-refractivity contribution in [3.63, 3.8) is 0 Å². The lowest BCUT2D eigenvalue weighted by Crippen LogP contribution is -2.60. The van der Waals surface area contributed by atoms with Gasteiger partial charge < -0.3 is 40.3 Å². The van der Waals surface area contributed by atoms with Crippen LogP contribution in [-0.4, -0.2) is 87.5 Å². The average molecular weight is 981 g/mol. The van der Waals surface area contributed by atoms with Crippen LogP contribution >= 0.6 is 0 Å². The van der Waals surface area contributed by atoms with Crippen LogP contribution in [0.1, 0.15) is 309 Å². The van der Waals surface area contributed by atoms with Crippen LogP contribution in [-0.2, 0) is 14.3 Å². The Balaban J connectivity index is 1.98. The fraction of sp³-hybridized carbons (Fsp3) is 0.950. The molecule has 1 fully saturated rings. The molecule has 0 radical (unpaired) electrons. The van der Waals surface area contributed by atoms with Crippen LogP contribution in [0.25, 0.3) is 0 Å². The van der Waals surface area contributed by atoms with Crippen LogP contribution in [0.2, 0.25) is 0 Å². The van der Waals surface area contributed by atoms with Gasteiger partial charge in [0, 0.05) is 6.42 Å². The lowest BCUT2D eigenvalue weighted by molar-refractivity contribution is -0.302. The third-order valence-electron chi connectivity index (χ3n) is 14.9. The zero-order valence-electron chi connectivity index (χ0n) is 45.6. The minimum atomic E-state index is -1.55. The van der Waals surface area contributed by atoms with Gasteiger partial charge in [0.2, 0.25) is 5.91 Å². The summed E-state index contributed by atoms with van der Waals surface area (Å²) in [6, 6.07) is -0.712. The molecule has 1 aliphatic rings. The minimum absolute atomic E-state index is 0.133. The summed E-state index contributed by atoms with van der Waals surface area (Å²) in [5, 5.41) is 54.4. The first kappa shape index (κ1) is 65.9. The van der Waals surface area contributed by atoms with Crippen molar-refractivity contribution in [1.82, 2.24) is 5.32 Å². The number of hydrogen-bond acceptors (Lipinski definition) is 8. The number of allylic oxidation sites excluding steroid dienone is 2. The Bertz CT molecular complexity index is 1090. The van der Waals surface area contributed by atoms with Crippen molar-refractivity contribution >= 4 is 5.91 Å². The number of carbonyl (C=O) groups excluding carboxylic acids is 1. The molecule has 69 heavy (non-hydrogen) atoms. The number of carbonyl (C=O) groups is 1. The number of aliphatic hydroxyl groups is 5. The Hall–Kier alpha value is -1.07. The Kier molecular flexibility index (Phi) is 48.2. The van der Waals surface area contributed by atoms with E-state index in [0.29, 0.717) is 12.8 Å². The first-order valence-electron chi connectivity index (χ1n) is 30.4. The first-order valence-corrected chi connectivity index (χ1v) is 30.4. The molecule has 1 heterocycles. The van der Waals surface area contributed by atoms with Crippen molar-refractivity contribution in [2.45, 2.75) is 352 Å². The Morgan fingerprint density at radius 1 is 0.478 bits per heavy atom. The molecular formula is C60H117NO8. The molecule has 1 amide bonds. The number of nitrogens with one attached hydrogen (secondary N) is 1. The quantitative estimate of drug-likeness (QED) is 0.0261. The molecule has 7 atom stereocenters. The monoisotopic (exact) mass is 980 g/mol. The van der Waals surface area contributed by atoms with Gasteiger partial charge in [0.25, 0.3) is 0 Å². The predicted molar refractivity (Wildman–Crippen MR) is 291 cm³/mol. The van der Waals surface area contributed by atoms with Gasteiger partial charge in [-0.15, -0.1) is 0 Å². The van der Waals surface area contributed by atoms with Crippen molar-refractivity contribution < 1.29 is 39.8 Å². The largest absolute Gasteiger partial charge is 0.394 e. The van der Waals surface area contributed by atoms with Crippen molar-refractivity contribution in [1.29, 1.82) is 0 Å². The molecule has 6 N–H and O–H groups in total. The summed E-state index contributed by atoms with van der Waals surface area (Å²) in [6.07, 6.45) is 55.9. The zero-order chi connectivity index (χ0) is 50.1. The fourth-order valence-corrected chi connectivity index (χ4v) is 10.0. The smallest absolute Gasteiger partial charge is 0.220 e. The van der Waals surface area contributed by atoms with Crippen LogP contribution in [0.15, 0.2) is 12.2 Å². The Labute approximate surface area is 426 Å². The predicted octanol–water partition coefficient (Wildman–Crippen LogP) is 15.2. The number of rotatable bonds is 53. The van der Waals surface area contributed by atoms with Gasteiger partial charge in [0.05, 0.1) is 25.4 Å². The van der Waals surface area contributed by atoms with Gasteiger partial charge in [-0.25, -0.2) is 0 Å². The number of aliphatic hydroxyl groups excluding tert-OH is 5. The van der Waals surface area contributed by atoms with Gasteiger partial charge in [-0.05, 0) is 38.5 Å². The van der Waals surface area contributed by atoms with Gasteiger partial charge in [-0.3, -0.25) is 4.79 Å². The van der Waals surface area contributed by atoms with E-state index in [2.05, 4.69) is 31.3 Å². The van der Waals surface area contributed by atoms with E-state index in [-0.39, 0.29) is 12.5 Å². The summed E-state index contributed by atoms with van der Waals surface area (Å²) in [7, 11) is 0. The van der Waals surface area contributed by atoms with Gasteiger partial charge in [-0.2, -0.15) is 0 Å². The molecule has 0 aliphatic carbocycles. The molecule has 0 saturated carbocycles. The van der Waals surface area contributed by atoms with Gasteiger partial charge >= 0.3 is 0 Å². The molecule has 1 aliphatic heterocycles. The maximum absolute atomic E-state index is 13.0. The van der Waals surface area contributed by atoms with Crippen molar-refractivity contribution in [2.75, 3.05) is 13.2 Å². The Morgan fingerprint density at radius 3 is 1.17 bits per heavy atom. The Morgan fingerprint density at radius 2 is 0.812 bits per heavy atom. The van der Waals surface area contributed by atoms with E-state index in [1.54, 1.807) is 0 Å². The molecule has 0 bridgehead atoms. The first-order chi connectivity index (χ1) is 33.8. The van der Waals surface area contributed by atoms with Crippen LogP contribution in [0.3, 0.4) is 0 Å². The van der Waals surface area contributed by atoms with E-state index < -0.39 is 49.5 Å². The SMILES string of the molecule is CCCCCCCCCC/C=C\CCCCCCCCCCCCCCCCCCCCCCCCCCCC(=O)NC(COC1OC(CO)C(O)C(O)C1O)C(O)CCCCCCCCCCC. The summed E-state index contributed by atoms with van der Waals surface area (Å²) in [4.78, 5) is 13.0. The second-order valence-electron chi connectivity index (χ2n) is 21.5. The van der Waals surface area contributed by atoms with Gasteiger partial charge in [-0.1, -0.05) is 276 Å². The zero-order valence-corrected chi connectivity index (χ0v) is 45.6. The van der Waals surface area contributed by atoms with Crippen LogP contribution in [0.4, 0.5) is 0 Å². The topological polar surface area (TPSA) is 149 Å². The minimum Gasteiger partial charge on any atom is -0.394 e. The van der Waals surface area contributed by atoms with E-state index in [1.807, 2.05) is 0 Å². The molecule has 9 heteroatoms. The third kappa shape index (κ3) is 40.1. The molecule has 0 spiro atoms. The second kappa shape index (κ2) is 50.5. The lowest BCUT2D eigenvalue weighted by Gasteiger charge is -2.40. The fourth-order valence-electron chi connectivity index (χ4n) is 10.0. The number of hydrogen-bond donors (Lipinski definition) is 6. The number of unbranched alkanes of at least 4 members (excludes halogenated alkanes) is 41. The molecule has 0 aromatic rings. The van der Waals surface area contributed by atoms with E-state index in [9.17, 15) is 30.3 Å². The third-order valence-corrected chi connectivity index (χ3v) is 14.9. The molecule has 9 nitrogen and oxygen atoms in total. The normalized spacial score (nSPS) is 19.4. The van der Waals surface area contributed by atoms with Crippen LogP contribution < -0.4 is 5.32 Å². The highest BCUT2D eigenvalue weighted by molar-refractivity contribution is 5.76. The molecule has 0 aromatic carbocycles. The second-order valence-corrected chi connectivity index (χ2v) is 21.5. The van der Waals surface area contributed by atoms with Gasteiger partial charge in [0.15, 0.2) is 6.29 Å². The molecule has 410 valence electrons. The highest BCUT2D eigenvalue weighted by Crippen LogP contribution is 2.23. The molecule has 1 rings (SSSR count). The standard InChI is InChI=1S/C60H117NO8/c1-3-5-7-9-11-13-14-15-16-17-18-19-20-21-22-23-24-25-26-27-28-29-30-31-32-33-34-35-36-37-38-39-40-42-44-46-48-50-56(64)61-53(54(63)49-47-45-43-41-12-10-8-6-4-2)52-68-60-59(67)58(66)57(65)55(51-62)69-60/h17-18,53-55,57-60,62-63,65-67H,3-16,19-52H2,1-2H3,(H,61,64)/b18-17-. The summed E-state index contributed by atoms with van der Waals surface area (Å²) in [5.41, 5.74) is 0. The van der Waals surface area contributed by atoms with Crippen molar-refractivity contribution in [3.05, 3.63) is 12.2 Å². The van der Waals surface area contributed by atoms with E-state index in [1.165, 1.54) is 244 Å². The maximum atomic E-state index is 13.0. The number of ether oxygens (including phenoxy) is 2. The average Bonchev–Trinajstić information content (AvgIpc) is 3.35. The summed E-state index contributed by atoms with van der Waals surface area (Å²) >= 11 is 0. The summed E-state index contributed by atoms with van der Waals surface area (Å²) < 4.78 is 11.3. The van der Waals surface area contributed by atoms with Crippen LogP contribution in [0.5, 0.6) is 0 Å². The highest BCUT2D eigenvalue weighted by atomic mass is 16.7. The summed E-state index contributed by atoms with van der Waals surface area (Å²) in [5.74, 6) is -0.140. The molecule has 1 saturated heterocycles.